The second-order valence-corrected chi connectivity index (χ2v) is 10.8. The summed E-state index contributed by atoms with van der Waals surface area (Å²) in [6, 6.07) is 1.64. The van der Waals surface area contributed by atoms with Crippen LogP contribution in [0.4, 0.5) is 0 Å². The average molecular weight is 424 g/mol. The van der Waals surface area contributed by atoms with E-state index in [1.807, 2.05) is 7.05 Å². The minimum atomic E-state index is -3.45. The summed E-state index contributed by atoms with van der Waals surface area (Å²) in [5, 5.41) is 6.98. The lowest BCUT2D eigenvalue weighted by Gasteiger charge is -2.42. The monoisotopic (exact) mass is 423 g/mol. The van der Waals surface area contributed by atoms with E-state index in [1.165, 1.54) is 0 Å². The van der Waals surface area contributed by atoms with E-state index in [0.717, 1.165) is 44.5 Å². The zero-order valence-electron chi connectivity index (χ0n) is 16.8. The molecular formula is C19H29N5O4S. The van der Waals surface area contributed by atoms with E-state index in [9.17, 15) is 13.2 Å². The van der Waals surface area contributed by atoms with Crippen LogP contribution in [0, 0.1) is 0 Å². The number of hydrogen-bond acceptors (Lipinski definition) is 6. The van der Waals surface area contributed by atoms with E-state index < -0.39 is 10.2 Å². The van der Waals surface area contributed by atoms with E-state index in [1.54, 1.807) is 14.7 Å². The zero-order valence-corrected chi connectivity index (χ0v) is 17.6. The fourth-order valence-corrected chi connectivity index (χ4v) is 7.02. The molecule has 160 valence electrons. The molecule has 0 unspecified atom stereocenters. The molecule has 1 aliphatic carbocycles. The third kappa shape index (κ3) is 3.71. The Morgan fingerprint density at radius 1 is 1.10 bits per heavy atom. The Hall–Kier alpha value is -1.49. The summed E-state index contributed by atoms with van der Waals surface area (Å²) >= 11 is 0. The van der Waals surface area contributed by atoms with Gasteiger partial charge >= 0.3 is 0 Å². The highest BCUT2D eigenvalue weighted by Gasteiger charge is 2.49. The van der Waals surface area contributed by atoms with Crippen molar-refractivity contribution in [1.82, 2.24) is 24.0 Å². The first kappa shape index (κ1) is 19.5. The number of amides is 1. The zero-order chi connectivity index (χ0) is 20.2. The summed E-state index contributed by atoms with van der Waals surface area (Å²) in [6.07, 6.45) is 5.23. The Morgan fingerprint density at radius 2 is 1.76 bits per heavy atom. The predicted octanol–water partition coefficient (Wildman–Crippen LogP) is 0.769. The highest BCUT2D eigenvalue weighted by molar-refractivity contribution is 7.86. The van der Waals surface area contributed by atoms with Gasteiger partial charge in [-0.3, -0.25) is 4.79 Å². The van der Waals surface area contributed by atoms with Gasteiger partial charge in [0.25, 0.3) is 16.1 Å². The van der Waals surface area contributed by atoms with Crippen molar-refractivity contribution < 1.29 is 17.7 Å². The van der Waals surface area contributed by atoms with E-state index >= 15 is 0 Å². The molecule has 1 N–H and O–H groups in total. The number of piperazine rings is 1. The number of nitrogens with one attached hydrogen (secondary N) is 1. The van der Waals surface area contributed by atoms with E-state index in [-0.39, 0.29) is 24.0 Å². The van der Waals surface area contributed by atoms with Crippen molar-refractivity contribution in [2.45, 2.75) is 62.6 Å². The average Bonchev–Trinajstić information content (AvgIpc) is 3.34. The van der Waals surface area contributed by atoms with Gasteiger partial charge in [-0.05, 0) is 45.6 Å². The maximum atomic E-state index is 13.3. The fraction of sp³-hybridized carbons (Fsp3) is 0.789. The summed E-state index contributed by atoms with van der Waals surface area (Å²) in [5.41, 5.74) is 0.326. The lowest BCUT2D eigenvalue weighted by molar-refractivity contribution is 0.0897. The van der Waals surface area contributed by atoms with Gasteiger partial charge < -0.3 is 14.7 Å². The highest BCUT2D eigenvalue weighted by atomic mass is 32.2. The molecule has 3 aliphatic heterocycles. The van der Waals surface area contributed by atoms with E-state index in [4.69, 9.17) is 4.52 Å². The van der Waals surface area contributed by atoms with Crippen LogP contribution in [0.15, 0.2) is 10.6 Å². The molecule has 1 amide bonds. The van der Waals surface area contributed by atoms with Crippen molar-refractivity contribution in [2.75, 3.05) is 33.2 Å². The number of carbonyl (C=O) groups excluding carboxylic acids is 1. The number of nitrogens with zero attached hydrogens (tertiary/aromatic N) is 4. The number of likely N-dealkylation sites (N-methyl/N-ethyl adjacent to an activating group) is 1. The summed E-state index contributed by atoms with van der Waals surface area (Å²) in [7, 11) is -1.43. The molecule has 3 saturated heterocycles. The smallest absolute Gasteiger partial charge is 0.282 e. The Bertz CT molecular complexity index is 861. The molecule has 3 atom stereocenters. The standard InChI is InChI=1S/C19H29N5O4S/c1-22-6-8-23(9-7-22)29(26,27)24-15-4-5-16(24)11-14(10-15)20-19(25)17-12-18(28-21-17)13-2-3-13/h12-16H,2-11H2,1H3,(H,20,25)/t14-,15+,16-. The largest absolute Gasteiger partial charge is 0.360 e. The molecule has 0 spiro atoms. The van der Waals surface area contributed by atoms with Gasteiger partial charge in [-0.15, -0.1) is 0 Å². The summed E-state index contributed by atoms with van der Waals surface area (Å²) < 4.78 is 35.2. The molecule has 1 aromatic rings. The Morgan fingerprint density at radius 3 is 2.38 bits per heavy atom. The van der Waals surface area contributed by atoms with Crippen molar-refractivity contribution in [3.05, 3.63) is 17.5 Å². The van der Waals surface area contributed by atoms with Gasteiger partial charge in [0, 0.05) is 56.3 Å². The normalized spacial score (nSPS) is 31.8. The van der Waals surface area contributed by atoms with Crippen LogP contribution in [0.5, 0.6) is 0 Å². The van der Waals surface area contributed by atoms with Crippen LogP contribution in [0.2, 0.25) is 0 Å². The molecule has 4 heterocycles. The molecule has 10 heteroatoms. The van der Waals surface area contributed by atoms with Gasteiger partial charge in [-0.25, -0.2) is 0 Å². The molecule has 9 nitrogen and oxygen atoms in total. The van der Waals surface area contributed by atoms with Gasteiger partial charge in [0.2, 0.25) is 0 Å². The summed E-state index contributed by atoms with van der Waals surface area (Å²) in [4.78, 5) is 14.7. The highest BCUT2D eigenvalue weighted by Crippen LogP contribution is 2.41. The third-order valence-electron chi connectivity index (χ3n) is 6.80. The molecule has 4 fully saturated rings. The third-order valence-corrected chi connectivity index (χ3v) is 8.94. The topological polar surface area (TPSA) is 99.0 Å². The SMILES string of the molecule is CN1CCN(S(=O)(=O)N2[C@@H]3CC[C@H]2C[C@@H](NC(=O)c2cc(C4CC4)on2)C3)CC1. The molecule has 1 saturated carbocycles. The number of carbonyl (C=O) groups is 1. The Labute approximate surface area is 171 Å². The molecular weight excluding hydrogens is 394 g/mol. The van der Waals surface area contributed by atoms with E-state index in [2.05, 4.69) is 15.4 Å². The summed E-state index contributed by atoms with van der Waals surface area (Å²) in [5.74, 6) is 0.992. The summed E-state index contributed by atoms with van der Waals surface area (Å²) in [6.45, 7) is 2.62. The number of hydrogen-bond donors (Lipinski definition) is 1. The molecule has 0 aromatic carbocycles. The fourth-order valence-electron chi connectivity index (χ4n) is 5.00. The van der Waals surface area contributed by atoms with Crippen LogP contribution in [0.1, 0.15) is 60.7 Å². The van der Waals surface area contributed by atoms with Crippen molar-refractivity contribution >= 4 is 16.1 Å². The van der Waals surface area contributed by atoms with Crippen molar-refractivity contribution in [3.8, 4) is 0 Å². The number of piperidine rings is 1. The van der Waals surface area contributed by atoms with Crippen LogP contribution in [0.25, 0.3) is 0 Å². The molecule has 5 rings (SSSR count). The van der Waals surface area contributed by atoms with Gasteiger partial charge in [0.1, 0.15) is 5.76 Å². The van der Waals surface area contributed by atoms with Crippen LogP contribution < -0.4 is 5.32 Å². The Balaban J connectivity index is 1.23. The number of fused-ring (bicyclic) bond motifs is 2. The minimum absolute atomic E-state index is 0.0278. The first-order valence-electron chi connectivity index (χ1n) is 10.7. The number of aromatic nitrogens is 1. The lowest BCUT2D eigenvalue weighted by atomic mass is 9.99. The number of rotatable bonds is 5. The molecule has 1 aromatic heterocycles. The molecule has 0 radical (unpaired) electrons. The molecule has 4 aliphatic rings. The van der Waals surface area contributed by atoms with Gasteiger partial charge in [0.05, 0.1) is 0 Å². The maximum Gasteiger partial charge on any atom is 0.282 e. The van der Waals surface area contributed by atoms with Crippen LogP contribution in [0.3, 0.4) is 0 Å². The quantitative estimate of drug-likeness (QED) is 0.751. The van der Waals surface area contributed by atoms with Gasteiger partial charge in [0.15, 0.2) is 5.69 Å². The van der Waals surface area contributed by atoms with Crippen LogP contribution in [-0.4, -0.2) is 84.3 Å². The first-order valence-corrected chi connectivity index (χ1v) is 12.1. The van der Waals surface area contributed by atoms with Crippen LogP contribution in [-0.2, 0) is 10.2 Å². The first-order chi connectivity index (χ1) is 13.9. The maximum absolute atomic E-state index is 13.3. The lowest BCUT2D eigenvalue weighted by Crippen LogP contribution is -2.58. The van der Waals surface area contributed by atoms with Gasteiger partial charge in [-0.1, -0.05) is 5.16 Å². The second-order valence-electron chi connectivity index (χ2n) is 8.96. The van der Waals surface area contributed by atoms with Crippen molar-refractivity contribution in [2.24, 2.45) is 0 Å². The van der Waals surface area contributed by atoms with E-state index in [0.29, 0.717) is 37.5 Å². The minimum Gasteiger partial charge on any atom is -0.360 e. The van der Waals surface area contributed by atoms with Crippen LogP contribution >= 0.6 is 0 Å². The molecule has 29 heavy (non-hydrogen) atoms. The molecule has 2 bridgehead atoms. The van der Waals surface area contributed by atoms with Crippen molar-refractivity contribution in [1.29, 1.82) is 0 Å². The van der Waals surface area contributed by atoms with Gasteiger partial charge in [-0.2, -0.15) is 17.0 Å². The predicted molar refractivity (Wildman–Crippen MR) is 106 cm³/mol. The second kappa shape index (κ2) is 7.33. The Kier molecular flexibility index (Phi) is 4.92. The van der Waals surface area contributed by atoms with Crippen molar-refractivity contribution in [3.63, 3.8) is 0 Å².